The largest absolute Gasteiger partial charge is 0.480 e. The molecule has 0 unspecified atom stereocenters. The standard InChI is InChI=1S/C12H19N3O7/c16-3-8-9(18)10(19)12(4-17,22-8)15-7(11(20)21)1-6-2-13-5-14-6/h2,5,7-10,15-19H,1,3-4H2,(H,13,14)(H,20,21)/t7-,8+,9+,10-,12-/m0/s1. The first-order chi connectivity index (χ1) is 10.4. The van der Waals surface area contributed by atoms with E-state index in [0.717, 1.165) is 0 Å². The minimum absolute atomic E-state index is 0.0312. The highest BCUT2D eigenvalue weighted by Crippen LogP contribution is 2.29. The van der Waals surface area contributed by atoms with E-state index < -0.39 is 49.3 Å². The van der Waals surface area contributed by atoms with Gasteiger partial charge >= 0.3 is 5.97 Å². The first-order valence-electron chi connectivity index (χ1n) is 6.67. The topological polar surface area (TPSA) is 168 Å². The maximum absolute atomic E-state index is 11.4. The second kappa shape index (κ2) is 6.69. The SMILES string of the molecule is O=C(O)[C@H](Cc1c[nH]cn1)N[C@@]1(CO)O[C@H](CO)[C@@H](O)[C@@H]1O. The zero-order chi connectivity index (χ0) is 16.3. The highest BCUT2D eigenvalue weighted by atomic mass is 16.6. The van der Waals surface area contributed by atoms with Crippen LogP contribution in [0.15, 0.2) is 12.5 Å². The highest BCUT2D eigenvalue weighted by molar-refractivity contribution is 5.74. The summed E-state index contributed by atoms with van der Waals surface area (Å²) < 4.78 is 5.27. The summed E-state index contributed by atoms with van der Waals surface area (Å²) in [5, 5.41) is 50.2. The van der Waals surface area contributed by atoms with Crippen LogP contribution in [0.1, 0.15) is 5.69 Å². The van der Waals surface area contributed by atoms with Crippen LogP contribution < -0.4 is 5.32 Å². The van der Waals surface area contributed by atoms with E-state index >= 15 is 0 Å². The molecule has 2 heterocycles. The number of ether oxygens (including phenoxy) is 1. The average Bonchev–Trinajstić information content (AvgIpc) is 3.09. The summed E-state index contributed by atoms with van der Waals surface area (Å²) in [6, 6.07) is -1.23. The van der Waals surface area contributed by atoms with E-state index in [9.17, 15) is 25.2 Å². The summed E-state index contributed by atoms with van der Waals surface area (Å²) in [6.07, 6.45) is -1.31. The van der Waals surface area contributed by atoms with Crippen LogP contribution in [0, 0.1) is 0 Å². The Kier molecular flexibility index (Phi) is 5.11. The van der Waals surface area contributed by atoms with Gasteiger partial charge in [0.05, 0.1) is 25.2 Å². The van der Waals surface area contributed by atoms with Gasteiger partial charge in [-0.2, -0.15) is 0 Å². The molecule has 124 valence electrons. The number of rotatable bonds is 7. The van der Waals surface area contributed by atoms with Gasteiger partial charge in [-0.15, -0.1) is 0 Å². The molecule has 1 aromatic heterocycles. The van der Waals surface area contributed by atoms with E-state index in [4.69, 9.17) is 9.84 Å². The molecule has 2 rings (SSSR count). The Morgan fingerprint density at radius 1 is 1.50 bits per heavy atom. The van der Waals surface area contributed by atoms with E-state index in [1.54, 1.807) is 0 Å². The quantitative estimate of drug-likeness (QED) is 0.274. The number of carbonyl (C=O) groups is 1. The molecule has 10 heteroatoms. The Labute approximate surface area is 125 Å². The third-order valence-corrected chi connectivity index (χ3v) is 3.64. The average molecular weight is 317 g/mol. The number of carboxylic acid groups (broad SMARTS) is 1. The molecule has 0 amide bonds. The van der Waals surface area contributed by atoms with Crippen LogP contribution in [0.25, 0.3) is 0 Å². The zero-order valence-corrected chi connectivity index (χ0v) is 11.6. The van der Waals surface area contributed by atoms with Crippen molar-refractivity contribution in [2.75, 3.05) is 13.2 Å². The number of imidazole rings is 1. The number of nitrogens with one attached hydrogen (secondary N) is 2. The van der Waals surface area contributed by atoms with Crippen molar-refractivity contribution in [2.45, 2.75) is 36.5 Å². The van der Waals surface area contributed by atoms with E-state index in [1.807, 2.05) is 0 Å². The van der Waals surface area contributed by atoms with Gasteiger partial charge in [-0.3, -0.25) is 10.1 Å². The molecule has 7 N–H and O–H groups in total. The molecule has 10 nitrogen and oxygen atoms in total. The normalized spacial score (nSPS) is 33.0. The van der Waals surface area contributed by atoms with Crippen LogP contribution in [-0.4, -0.2) is 84.8 Å². The number of H-pyrrole nitrogens is 1. The number of hydrogen-bond acceptors (Lipinski definition) is 8. The van der Waals surface area contributed by atoms with E-state index in [0.29, 0.717) is 5.69 Å². The Bertz CT molecular complexity index is 497. The number of hydrogen-bond donors (Lipinski definition) is 7. The number of aliphatic hydroxyl groups excluding tert-OH is 4. The molecule has 0 saturated carbocycles. The lowest BCUT2D eigenvalue weighted by atomic mass is 10.0. The summed E-state index contributed by atoms with van der Waals surface area (Å²) in [7, 11) is 0. The van der Waals surface area contributed by atoms with Crippen LogP contribution in [0.3, 0.4) is 0 Å². The third-order valence-electron chi connectivity index (χ3n) is 3.64. The number of nitrogens with zero attached hydrogens (tertiary/aromatic N) is 1. The van der Waals surface area contributed by atoms with Crippen molar-refractivity contribution in [3.8, 4) is 0 Å². The molecule has 22 heavy (non-hydrogen) atoms. The monoisotopic (exact) mass is 317 g/mol. The minimum Gasteiger partial charge on any atom is -0.480 e. The van der Waals surface area contributed by atoms with E-state index in [1.165, 1.54) is 12.5 Å². The molecule has 0 spiro atoms. The summed E-state index contributed by atoms with van der Waals surface area (Å²) >= 11 is 0. The maximum Gasteiger partial charge on any atom is 0.321 e. The molecule has 0 bridgehead atoms. The molecule has 1 saturated heterocycles. The van der Waals surface area contributed by atoms with Crippen molar-refractivity contribution in [2.24, 2.45) is 0 Å². The smallest absolute Gasteiger partial charge is 0.321 e. The van der Waals surface area contributed by atoms with E-state index in [2.05, 4.69) is 15.3 Å². The van der Waals surface area contributed by atoms with Gasteiger partial charge in [-0.05, 0) is 0 Å². The Morgan fingerprint density at radius 3 is 2.68 bits per heavy atom. The molecular weight excluding hydrogens is 298 g/mol. The molecule has 5 atom stereocenters. The lowest BCUT2D eigenvalue weighted by Crippen LogP contribution is -2.62. The zero-order valence-electron chi connectivity index (χ0n) is 11.6. The fourth-order valence-electron chi connectivity index (χ4n) is 2.44. The number of aliphatic carboxylic acids is 1. The minimum atomic E-state index is -1.88. The van der Waals surface area contributed by atoms with Gasteiger partial charge in [0.2, 0.25) is 0 Å². The van der Waals surface area contributed by atoms with Crippen molar-refractivity contribution in [1.29, 1.82) is 0 Å². The molecular formula is C12H19N3O7. The van der Waals surface area contributed by atoms with Crippen LogP contribution in [0.5, 0.6) is 0 Å². The molecule has 1 aromatic rings. The fraction of sp³-hybridized carbons (Fsp3) is 0.667. The van der Waals surface area contributed by atoms with Crippen LogP contribution >= 0.6 is 0 Å². The first-order valence-corrected chi connectivity index (χ1v) is 6.67. The van der Waals surface area contributed by atoms with Gasteiger partial charge < -0.3 is 35.3 Å². The van der Waals surface area contributed by atoms with Crippen molar-refractivity contribution < 1.29 is 35.1 Å². The summed E-state index contributed by atoms with van der Waals surface area (Å²) in [5.74, 6) is -1.24. The van der Waals surface area contributed by atoms with Gasteiger partial charge in [0.25, 0.3) is 0 Å². The van der Waals surface area contributed by atoms with Gasteiger partial charge in [-0.1, -0.05) is 0 Å². The molecule has 1 fully saturated rings. The lowest BCUT2D eigenvalue weighted by Gasteiger charge is -2.33. The Hall–Kier alpha value is -1.56. The first kappa shape index (κ1) is 16.8. The van der Waals surface area contributed by atoms with Crippen LogP contribution in [-0.2, 0) is 16.0 Å². The molecule has 0 aromatic carbocycles. The van der Waals surface area contributed by atoms with Crippen molar-refractivity contribution in [3.63, 3.8) is 0 Å². The number of aliphatic hydroxyl groups is 4. The molecule has 0 radical (unpaired) electrons. The van der Waals surface area contributed by atoms with E-state index in [-0.39, 0.29) is 6.42 Å². The van der Waals surface area contributed by atoms with Gasteiger partial charge in [0, 0.05) is 12.6 Å². The third kappa shape index (κ3) is 3.11. The second-order valence-corrected chi connectivity index (χ2v) is 5.12. The number of aromatic amines is 1. The second-order valence-electron chi connectivity index (χ2n) is 5.12. The summed E-state index contributed by atoms with van der Waals surface area (Å²) in [4.78, 5) is 18.0. The lowest BCUT2D eigenvalue weighted by molar-refractivity contribution is -0.158. The maximum atomic E-state index is 11.4. The fourth-order valence-corrected chi connectivity index (χ4v) is 2.44. The number of aromatic nitrogens is 2. The Morgan fingerprint density at radius 2 is 2.23 bits per heavy atom. The highest BCUT2D eigenvalue weighted by Gasteiger charge is 2.55. The summed E-state index contributed by atoms with van der Waals surface area (Å²) in [6.45, 7) is -1.37. The van der Waals surface area contributed by atoms with Crippen LogP contribution in [0.2, 0.25) is 0 Å². The predicted octanol–water partition coefficient (Wildman–Crippen LogP) is -3.20. The Balaban J connectivity index is 2.17. The van der Waals surface area contributed by atoms with Gasteiger partial charge in [-0.25, -0.2) is 4.98 Å². The summed E-state index contributed by atoms with van der Waals surface area (Å²) in [5.41, 5.74) is -1.42. The van der Waals surface area contributed by atoms with Gasteiger partial charge in [0.15, 0.2) is 5.72 Å². The van der Waals surface area contributed by atoms with Crippen LogP contribution in [0.4, 0.5) is 0 Å². The van der Waals surface area contributed by atoms with Gasteiger partial charge in [0.1, 0.15) is 24.4 Å². The molecule has 1 aliphatic heterocycles. The predicted molar refractivity (Wildman–Crippen MR) is 70.6 cm³/mol. The molecule has 1 aliphatic rings. The van der Waals surface area contributed by atoms with Crippen molar-refractivity contribution in [3.05, 3.63) is 18.2 Å². The number of carboxylic acids is 1. The molecule has 0 aliphatic carbocycles. The van der Waals surface area contributed by atoms with Crippen molar-refractivity contribution in [1.82, 2.24) is 15.3 Å². The van der Waals surface area contributed by atoms with Crippen molar-refractivity contribution >= 4 is 5.97 Å².